The van der Waals surface area contributed by atoms with Gasteiger partial charge in [-0.3, -0.25) is 0 Å². The minimum atomic E-state index is -4.64. The maximum atomic E-state index is 14.0. The van der Waals surface area contributed by atoms with Crippen molar-refractivity contribution in [3.63, 3.8) is 0 Å². The van der Waals surface area contributed by atoms with Crippen molar-refractivity contribution in [1.29, 1.82) is 0 Å². The fraction of sp³-hybridized carbons (Fsp3) is 0.538. The van der Waals surface area contributed by atoms with E-state index in [1.165, 1.54) is 12.1 Å². The number of benzene rings is 1. The molecule has 1 N–H and O–H groups in total. The molecule has 0 radical (unpaired) electrons. The Morgan fingerprint density at radius 3 is 2.39 bits per heavy atom. The maximum absolute atomic E-state index is 14.0. The van der Waals surface area contributed by atoms with Gasteiger partial charge in [-0.25, -0.2) is 4.39 Å². The van der Waals surface area contributed by atoms with Gasteiger partial charge in [-0.1, -0.05) is 18.6 Å². The summed E-state index contributed by atoms with van der Waals surface area (Å²) in [6.07, 6.45) is -1.72. The van der Waals surface area contributed by atoms with Gasteiger partial charge < -0.3 is 5.32 Å². The van der Waals surface area contributed by atoms with E-state index in [1.54, 1.807) is 7.05 Å². The van der Waals surface area contributed by atoms with E-state index in [-0.39, 0.29) is 17.5 Å². The highest BCUT2D eigenvalue weighted by molar-refractivity contribution is 5.31. The van der Waals surface area contributed by atoms with Crippen molar-refractivity contribution in [3.05, 3.63) is 35.1 Å². The van der Waals surface area contributed by atoms with Gasteiger partial charge in [-0.2, -0.15) is 13.2 Å². The van der Waals surface area contributed by atoms with Gasteiger partial charge in [-0.05, 0) is 31.9 Å². The second kappa shape index (κ2) is 4.88. The van der Waals surface area contributed by atoms with Gasteiger partial charge in [-0.15, -0.1) is 0 Å². The Balaban J connectivity index is 2.38. The standard InChI is InChI=1S/C13H15F4N/c1-18-12(8-4-2-5-8)9-6-3-7-10(11(9)14)13(15,16)17/h3,6-8,12,18H,2,4-5H2,1H3. The highest BCUT2D eigenvalue weighted by atomic mass is 19.4. The Morgan fingerprint density at radius 1 is 1.28 bits per heavy atom. The predicted molar refractivity (Wildman–Crippen MR) is 60.5 cm³/mol. The van der Waals surface area contributed by atoms with Crippen molar-refractivity contribution < 1.29 is 17.6 Å². The minimum absolute atomic E-state index is 0.122. The van der Waals surface area contributed by atoms with Crippen LogP contribution in [0.2, 0.25) is 0 Å². The maximum Gasteiger partial charge on any atom is 0.419 e. The number of halogens is 4. The molecule has 0 heterocycles. The molecular weight excluding hydrogens is 246 g/mol. The molecule has 0 spiro atoms. The number of rotatable bonds is 3. The molecule has 0 saturated heterocycles. The van der Waals surface area contributed by atoms with Gasteiger partial charge in [0.25, 0.3) is 0 Å². The summed E-state index contributed by atoms with van der Waals surface area (Å²) in [5.41, 5.74) is -1.06. The van der Waals surface area contributed by atoms with Crippen LogP contribution in [0, 0.1) is 11.7 Å². The first-order chi connectivity index (χ1) is 8.45. The molecule has 1 aliphatic rings. The summed E-state index contributed by atoms with van der Waals surface area (Å²) in [4.78, 5) is 0. The van der Waals surface area contributed by atoms with Crippen molar-refractivity contribution in [2.75, 3.05) is 7.05 Å². The summed E-state index contributed by atoms with van der Waals surface area (Å²) in [6.45, 7) is 0. The van der Waals surface area contributed by atoms with E-state index in [4.69, 9.17) is 0 Å². The smallest absolute Gasteiger partial charge is 0.313 e. The molecule has 1 atom stereocenters. The summed E-state index contributed by atoms with van der Waals surface area (Å²) in [7, 11) is 1.66. The summed E-state index contributed by atoms with van der Waals surface area (Å²) >= 11 is 0. The molecule has 1 saturated carbocycles. The van der Waals surface area contributed by atoms with Crippen LogP contribution in [0.15, 0.2) is 18.2 Å². The van der Waals surface area contributed by atoms with Crippen molar-refractivity contribution >= 4 is 0 Å². The molecule has 2 rings (SSSR count). The van der Waals surface area contributed by atoms with Crippen molar-refractivity contribution in [2.24, 2.45) is 5.92 Å². The van der Waals surface area contributed by atoms with Crippen molar-refractivity contribution in [2.45, 2.75) is 31.5 Å². The Hall–Kier alpha value is -1.10. The monoisotopic (exact) mass is 261 g/mol. The third-order valence-corrected chi connectivity index (χ3v) is 3.60. The van der Waals surface area contributed by atoms with Crippen molar-refractivity contribution in [1.82, 2.24) is 5.32 Å². The largest absolute Gasteiger partial charge is 0.419 e. The van der Waals surface area contributed by atoms with Crippen molar-refractivity contribution in [3.8, 4) is 0 Å². The Bertz CT molecular complexity index is 423. The molecule has 100 valence electrons. The van der Waals surface area contributed by atoms with E-state index >= 15 is 0 Å². The zero-order valence-corrected chi connectivity index (χ0v) is 10.0. The molecule has 0 amide bonds. The fourth-order valence-corrected chi connectivity index (χ4v) is 2.43. The topological polar surface area (TPSA) is 12.0 Å². The zero-order chi connectivity index (χ0) is 13.3. The lowest BCUT2D eigenvalue weighted by Crippen LogP contribution is -2.31. The SMILES string of the molecule is CNC(c1cccc(C(F)(F)F)c1F)C1CCC1. The third-order valence-electron chi connectivity index (χ3n) is 3.60. The van der Waals surface area contributed by atoms with Crippen LogP contribution in [0.1, 0.15) is 36.4 Å². The Labute approximate surface area is 103 Å². The average molecular weight is 261 g/mol. The quantitative estimate of drug-likeness (QED) is 0.813. The van der Waals surface area contributed by atoms with Crippen LogP contribution in [-0.4, -0.2) is 7.05 Å². The molecule has 0 aromatic heterocycles. The molecule has 1 unspecified atom stereocenters. The summed E-state index contributed by atoms with van der Waals surface area (Å²) in [6, 6.07) is 3.15. The van der Waals surface area contributed by atoms with Crippen LogP contribution < -0.4 is 5.32 Å². The number of hydrogen-bond acceptors (Lipinski definition) is 1. The van der Waals surface area contributed by atoms with Gasteiger partial charge in [0.15, 0.2) is 0 Å². The van der Waals surface area contributed by atoms with Gasteiger partial charge in [0, 0.05) is 11.6 Å². The van der Waals surface area contributed by atoms with Gasteiger partial charge in [0.05, 0.1) is 5.56 Å². The molecule has 1 nitrogen and oxygen atoms in total. The lowest BCUT2D eigenvalue weighted by molar-refractivity contribution is -0.140. The Kier molecular flexibility index (Phi) is 3.61. The van der Waals surface area contributed by atoms with Gasteiger partial charge in [0.1, 0.15) is 5.82 Å². The number of nitrogens with one attached hydrogen (secondary N) is 1. The molecule has 0 bridgehead atoms. The summed E-state index contributed by atoms with van der Waals surface area (Å²) < 4.78 is 51.9. The number of hydrogen-bond donors (Lipinski definition) is 1. The predicted octanol–water partition coefficient (Wildman–Crippen LogP) is 3.91. The molecular formula is C13H15F4N. The Morgan fingerprint density at radius 2 is 1.94 bits per heavy atom. The molecule has 5 heteroatoms. The average Bonchev–Trinajstić information content (AvgIpc) is 2.22. The lowest BCUT2D eigenvalue weighted by Gasteiger charge is -2.34. The molecule has 1 aliphatic carbocycles. The van der Waals surface area contributed by atoms with Crippen LogP contribution in [0.25, 0.3) is 0 Å². The number of alkyl halides is 3. The highest BCUT2D eigenvalue weighted by Gasteiger charge is 2.37. The molecule has 1 fully saturated rings. The van der Waals surface area contributed by atoms with Crippen LogP contribution in [-0.2, 0) is 6.18 Å². The summed E-state index contributed by atoms with van der Waals surface area (Å²) in [5, 5.41) is 2.93. The first-order valence-electron chi connectivity index (χ1n) is 5.98. The lowest BCUT2D eigenvalue weighted by atomic mass is 9.77. The highest BCUT2D eigenvalue weighted by Crippen LogP contribution is 2.40. The van der Waals surface area contributed by atoms with Crippen LogP contribution in [0.3, 0.4) is 0 Å². The minimum Gasteiger partial charge on any atom is -0.313 e. The van der Waals surface area contributed by atoms with E-state index in [0.29, 0.717) is 0 Å². The van der Waals surface area contributed by atoms with Crippen LogP contribution >= 0.6 is 0 Å². The summed E-state index contributed by atoms with van der Waals surface area (Å²) in [5.74, 6) is -0.913. The van der Waals surface area contributed by atoms with Crippen LogP contribution in [0.4, 0.5) is 17.6 Å². The van der Waals surface area contributed by atoms with Gasteiger partial charge >= 0.3 is 6.18 Å². The fourth-order valence-electron chi connectivity index (χ4n) is 2.43. The van der Waals surface area contributed by atoms with Gasteiger partial charge in [0.2, 0.25) is 0 Å². The van der Waals surface area contributed by atoms with E-state index in [1.807, 2.05) is 0 Å². The van der Waals surface area contributed by atoms with E-state index in [0.717, 1.165) is 25.3 Å². The second-order valence-electron chi connectivity index (χ2n) is 4.66. The third kappa shape index (κ3) is 2.36. The second-order valence-corrected chi connectivity index (χ2v) is 4.66. The first kappa shape index (κ1) is 13.3. The van der Waals surface area contributed by atoms with E-state index in [2.05, 4.69) is 5.32 Å². The molecule has 1 aromatic rings. The van der Waals surface area contributed by atoms with Crippen LogP contribution in [0.5, 0.6) is 0 Å². The molecule has 1 aromatic carbocycles. The zero-order valence-electron chi connectivity index (χ0n) is 10.0. The first-order valence-corrected chi connectivity index (χ1v) is 5.98. The molecule has 0 aliphatic heterocycles. The van der Waals surface area contributed by atoms with E-state index in [9.17, 15) is 17.6 Å². The normalized spacial score (nSPS) is 18.5. The molecule has 18 heavy (non-hydrogen) atoms. The van der Waals surface area contributed by atoms with E-state index < -0.39 is 17.6 Å².